The quantitative estimate of drug-likeness (QED) is 0.735. The highest BCUT2D eigenvalue weighted by molar-refractivity contribution is 7.14. The van der Waals surface area contributed by atoms with E-state index in [-0.39, 0.29) is 18.5 Å². The van der Waals surface area contributed by atoms with Crippen molar-refractivity contribution in [2.75, 3.05) is 18.1 Å². The Morgan fingerprint density at radius 3 is 2.93 bits per heavy atom. The highest BCUT2D eigenvalue weighted by Gasteiger charge is 2.25. The van der Waals surface area contributed by atoms with E-state index in [4.69, 9.17) is 4.74 Å². The van der Waals surface area contributed by atoms with Crippen molar-refractivity contribution >= 4 is 28.9 Å². The summed E-state index contributed by atoms with van der Waals surface area (Å²) in [6.45, 7) is 2.70. The minimum Gasteiger partial charge on any atom is -0.451 e. The first-order valence-corrected chi connectivity index (χ1v) is 10.6. The van der Waals surface area contributed by atoms with Gasteiger partial charge in [-0.3, -0.25) is 4.79 Å². The number of hydrogen-bond donors (Lipinski definition) is 0. The summed E-state index contributed by atoms with van der Waals surface area (Å²) >= 11 is 1.53. The molecule has 1 amide bonds. The monoisotopic (exact) mass is 383 g/mol. The molecular formula is C22H25NO3S. The molecule has 27 heavy (non-hydrogen) atoms. The maximum absolute atomic E-state index is 12.6. The van der Waals surface area contributed by atoms with E-state index >= 15 is 0 Å². The summed E-state index contributed by atoms with van der Waals surface area (Å²) in [7, 11) is 0. The molecule has 0 radical (unpaired) electrons. The predicted octanol–water partition coefficient (Wildman–Crippen LogP) is 4.40. The van der Waals surface area contributed by atoms with Gasteiger partial charge in [0.2, 0.25) is 0 Å². The zero-order valence-electron chi connectivity index (χ0n) is 15.7. The lowest BCUT2D eigenvalue weighted by Gasteiger charge is -2.29. The Labute approximate surface area is 164 Å². The van der Waals surface area contributed by atoms with Crippen molar-refractivity contribution in [2.24, 2.45) is 5.92 Å². The number of fused-ring (bicyclic) bond motifs is 2. The topological polar surface area (TPSA) is 46.6 Å². The zero-order chi connectivity index (χ0) is 18.8. The van der Waals surface area contributed by atoms with Gasteiger partial charge in [0.1, 0.15) is 4.88 Å². The van der Waals surface area contributed by atoms with E-state index in [1.165, 1.54) is 40.2 Å². The van der Waals surface area contributed by atoms with E-state index in [0.717, 1.165) is 37.3 Å². The molecule has 0 saturated heterocycles. The standard InChI is InChI=1S/C22H25NO3S/c1-2-15-9-10-19-17(12-15)13-20(27-19)22(25)26-14-21(24)23-11-5-7-16-6-3-4-8-18(16)23/h3-4,6,8,13,15H,2,5,7,9-12,14H2,1H3/t15-/m1/s1. The first-order valence-electron chi connectivity index (χ1n) is 9.82. The SMILES string of the molecule is CC[C@@H]1CCc2sc(C(=O)OCC(=O)N3CCCc4ccccc43)cc2C1. The van der Waals surface area contributed by atoms with Gasteiger partial charge in [-0.2, -0.15) is 0 Å². The van der Waals surface area contributed by atoms with Crippen molar-refractivity contribution in [3.05, 3.63) is 51.2 Å². The Balaban J connectivity index is 1.39. The number of nitrogens with zero attached hydrogens (tertiary/aromatic N) is 1. The van der Waals surface area contributed by atoms with Crippen LogP contribution in [0.4, 0.5) is 5.69 Å². The van der Waals surface area contributed by atoms with Gasteiger partial charge < -0.3 is 9.64 Å². The molecule has 2 aromatic rings. The number of anilines is 1. The highest BCUT2D eigenvalue weighted by Crippen LogP contribution is 2.34. The number of hydrogen-bond acceptors (Lipinski definition) is 4. The van der Waals surface area contributed by atoms with Crippen LogP contribution in [0, 0.1) is 5.92 Å². The molecule has 0 N–H and O–H groups in total. The van der Waals surface area contributed by atoms with Crippen molar-refractivity contribution in [2.45, 2.75) is 45.4 Å². The van der Waals surface area contributed by atoms with Crippen molar-refractivity contribution in [1.29, 1.82) is 0 Å². The zero-order valence-corrected chi connectivity index (χ0v) is 16.5. The molecule has 4 rings (SSSR count). The average molecular weight is 384 g/mol. The Morgan fingerprint density at radius 2 is 2.07 bits per heavy atom. The second kappa shape index (κ2) is 7.85. The lowest BCUT2D eigenvalue weighted by atomic mass is 9.87. The molecule has 0 unspecified atom stereocenters. The van der Waals surface area contributed by atoms with Gasteiger partial charge in [-0.05, 0) is 61.3 Å². The molecule has 1 atom stereocenters. The van der Waals surface area contributed by atoms with Crippen LogP contribution in [-0.4, -0.2) is 25.0 Å². The number of thiophene rings is 1. The van der Waals surface area contributed by atoms with Crippen LogP contribution in [0.15, 0.2) is 30.3 Å². The fourth-order valence-corrected chi connectivity index (χ4v) is 5.22. The van der Waals surface area contributed by atoms with E-state index in [1.807, 2.05) is 24.3 Å². The molecule has 0 bridgehead atoms. The van der Waals surface area contributed by atoms with Crippen LogP contribution < -0.4 is 4.90 Å². The summed E-state index contributed by atoms with van der Waals surface area (Å²) in [4.78, 5) is 28.8. The maximum Gasteiger partial charge on any atom is 0.348 e. The number of rotatable bonds is 4. The van der Waals surface area contributed by atoms with Crippen LogP contribution in [0.25, 0.3) is 0 Å². The summed E-state index contributed by atoms with van der Waals surface area (Å²) < 4.78 is 5.37. The normalized spacial score (nSPS) is 18.6. The lowest BCUT2D eigenvalue weighted by molar-refractivity contribution is -0.121. The molecule has 1 aromatic carbocycles. The van der Waals surface area contributed by atoms with Gasteiger partial charge >= 0.3 is 5.97 Å². The molecule has 1 aliphatic carbocycles. The number of carbonyl (C=O) groups is 2. The molecule has 1 aliphatic heterocycles. The van der Waals surface area contributed by atoms with Crippen LogP contribution in [0.2, 0.25) is 0 Å². The van der Waals surface area contributed by atoms with Gasteiger partial charge in [-0.1, -0.05) is 31.5 Å². The number of amides is 1. The molecule has 142 valence electrons. The Bertz CT molecular complexity index is 857. The van der Waals surface area contributed by atoms with Crippen LogP contribution in [0.5, 0.6) is 0 Å². The molecule has 2 heterocycles. The van der Waals surface area contributed by atoms with Crippen molar-refractivity contribution in [3.8, 4) is 0 Å². The molecule has 0 spiro atoms. The van der Waals surface area contributed by atoms with Gasteiger partial charge in [-0.15, -0.1) is 11.3 Å². The van der Waals surface area contributed by atoms with E-state index < -0.39 is 0 Å². The van der Waals surface area contributed by atoms with Crippen molar-refractivity contribution in [1.82, 2.24) is 0 Å². The van der Waals surface area contributed by atoms with Crippen molar-refractivity contribution in [3.63, 3.8) is 0 Å². The average Bonchev–Trinajstić information content (AvgIpc) is 3.14. The Hall–Kier alpha value is -2.14. The Morgan fingerprint density at radius 1 is 1.22 bits per heavy atom. The molecule has 0 fully saturated rings. The van der Waals surface area contributed by atoms with Gasteiger partial charge in [0.15, 0.2) is 6.61 Å². The number of ether oxygens (including phenoxy) is 1. The van der Waals surface area contributed by atoms with Gasteiger partial charge in [0, 0.05) is 17.1 Å². The van der Waals surface area contributed by atoms with E-state index in [2.05, 4.69) is 13.0 Å². The first-order chi connectivity index (χ1) is 13.2. The van der Waals surface area contributed by atoms with E-state index in [0.29, 0.717) is 11.4 Å². The van der Waals surface area contributed by atoms with Crippen LogP contribution in [-0.2, 0) is 28.8 Å². The third-order valence-corrected chi connectivity index (χ3v) is 6.92. The molecule has 0 saturated carbocycles. The van der Waals surface area contributed by atoms with E-state index in [9.17, 15) is 9.59 Å². The number of carbonyl (C=O) groups excluding carboxylic acids is 2. The van der Waals surface area contributed by atoms with Gasteiger partial charge in [0.25, 0.3) is 5.91 Å². The fraction of sp³-hybridized carbons (Fsp3) is 0.455. The van der Waals surface area contributed by atoms with E-state index in [1.54, 1.807) is 4.90 Å². The second-order valence-corrected chi connectivity index (χ2v) is 8.57. The highest BCUT2D eigenvalue weighted by atomic mass is 32.1. The minimum atomic E-state index is -0.374. The first kappa shape index (κ1) is 18.2. The fourth-order valence-electron chi connectivity index (χ4n) is 4.12. The third kappa shape index (κ3) is 3.79. The smallest absolute Gasteiger partial charge is 0.348 e. The predicted molar refractivity (Wildman–Crippen MR) is 108 cm³/mol. The second-order valence-electron chi connectivity index (χ2n) is 7.43. The van der Waals surface area contributed by atoms with Gasteiger partial charge in [-0.25, -0.2) is 4.79 Å². The molecule has 5 heteroatoms. The summed E-state index contributed by atoms with van der Waals surface area (Å²) in [5.74, 6) is 0.195. The number of para-hydroxylation sites is 1. The third-order valence-electron chi connectivity index (χ3n) is 5.70. The summed E-state index contributed by atoms with van der Waals surface area (Å²) in [6.07, 6.45) is 6.41. The number of benzene rings is 1. The lowest BCUT2D eigenvalue weighted by Crippen LogP contribution is -2.38. The van der Waals surface area contributed by atoms with Crippen LogP contribution in [0.3, 0.4) is 0 Å². The van der Waals surface area contributed by atoms with Crippen LogP contribution >= 0.6 is 11.3 Å². The minimum absolute atomic E-state index is 0.150. The maximum atomic E-state index is 12.6. The summed E-state index contributed by atoms with van der Waals surface area (Å²) in [5, 5.41) is 0. The molecule has 2 aliphatic rings. The largest absolute Gasteiger partial charge is 0.451 e. The van der Waals surface area contributed by atoms with Gasteiger partial charge in [0.05, 0.1) is 0 Å². The Kier molecular flexibility index (Phi) is 5.30. The summed E-state index contributed by atoms with van der Waals surface area (Å²) in [5.41, 5.74) is 3.42. The number of aryl methyl sites for hydroxylation is 2. The molecule has 1 aromatic heterocycles. The summed E-state index contributed by atoms with van der Waals surface area (Å²) in [6, 6.07) is 9.93. The molecular weight excluding hydrogens is 358 g/mol. The van der Waals surface area contributed by atoms with Crippen LogP contribution in [0.1, 0.15) is 51.9 Å². The molecule has 4 nitrogen and oxygen atoms in total. The van der Waals surface area contributed by atoms with Crippen molar-refractivity contribution < 1.29 is 14.3 Å². The number of esters is 1.